The van der Waals surface area contributed by atoms with Crippen LogP contribution in [0, 0.1) is 5.41 Å². The van der Waals surface area contributed by atoms with E-state index in [1.54, 1.807) is 6.92 Å². The molecule has 0 spiro atoms. The van der Waals surface area contributed by atoms with Crippen LogP contribution in [0.4, 0.5) is 0 Å². The van der Waals surface area contributed by atoms with Gasteiger partial charge < -0.3 is 9.64 Å². The average Bonchev–Trinajstić information content (AvgIpc) is 2.63. The predicted octanol–water partition coefficient (Wildman–Crippen LogP) is 1.16. The first-order valence-corrected chi connectivity index (χ1v) is 6.28. The van der Waals surface area contributed by atoms with E-state index in [0.29, 0.717) is 6.61 Å². The van der Waals surface area contributed by atoms with Crippen LogP contribution >= 0.6 is 0 Å². The summed E-state index contributed by atoms with van der Waals surface area (Å²) in [6.45, 7) is 5.08. The average molecular weight is 237 g/mol. The van der Waals surface area contributed by atoms with Gasteiger partial charge in [-0.05, 0) is 45.4 Å². The summed E-state index contributed by atoms with van der Waals surface area (Å²) >= 11 is 0. The molecule has 2 unspecified atom stereocenters. The normalized spacial score (nSPS) is 31.7. The highest BCUT2D eigenvalue weighted by atomic mass is 16.5. The zero-order chi connectivity index (χ0) is 12.3. The fourth-order valence-electron chi connectivity index (χ4n) is 2.83. The number of nitrogens with zero attached hydrogens (tertiary/aromatic N) is 1. The van der Waals surface area contributed by atoms with E-state index in [9.17, 15) is 9.59 Å². The standard InChI is InChI=1S/C13H19NO3/c1-2-17-12(16)5-4-11(15)13-6-3-8-14(10-13)9-7-13/h4-5H,2-3,6-10H2,1H3. The van der Waals surface area contributed by atoms with Gasteiger partial charge in [-0.1, -0.05) is 0 Å². The summed E-state index contributed by atoms with van der Waals surface area (Å²) in [5, 5.41) is 0. The summed E-state index contributed by atoms with van der Waals surface area (Å²) in [6, 6.07) is 0. The summed E-state index contributed by atoms with van der Waals surface area (Å²) in [4.78, 5) is 25.7. The number of carbonyl (C=O) groups excluding carboxylic acids is 2. The van der Waals surface area contributed by atoms with E-state index in [-0.39, 0.29) is 11.2 Å². The first-order valence-electron chi connectivity index (χ1n) is 6.28. The third kappa shape index (κ3) is 2.57. The van der Waals surface area contributed by atoms with E-state index in [0.717, 1.165) is 38.9 Å². The van der Waals surface area contributed by atoms with Crippen molar-refractivity contribution >= 4 is 11.8 Å². The van der Waals surface area contributed by atoms with Gasteiger partial charge in [-0.2, -0.15) is 0 Å². The van der Waals surface area contributed by atoms with E-state index in [2.05, 4.69) is 4.90 Å². The number of esters is 1. The minimum Gasteiger partial charge on any atom is -0.463 e. The molecule has 94 valence electrons. The molecule has 0 amide bonds. The second kappa shape index (κ2) is 5.00. The van der Waals surface area contributed by atoms with Crippen molar-refractivity contribution in [3.8, 4) is 0 Å². The van der Waals surface area contributed by atoms with Gasteiger partial charge in [-0.3, -0.25) is 4.79 Å². The smallest absolute Gasteiger partial charge is 0.330 e. The van der Waals surface area contributed by atoms with Gasteiger partial charge in [-0.25, -0.2) is 4.79 Å². The van der Waals surface area contributed by atoms with Crippen LogP contribution in [0.15, 0.2) is 12.2 Å². The third-order valence-electron chi connectivity index (χ3n) is 3.74. The van der Waals surface area contributed by atoms with Crippen LogP contribution < -0.4 is 0 Å². The number of rotatable bonds is 4. The molecule has 2 saturated heterocycles. The van der Waals surface area contributed by atoms with Crippen LogP contribution in [0.1, 0.15) is 26.2 Å². The van der Waals surface area contributed by atoms with Crippen molar-refractivity contribution < 1.29 is 14.3 Å². The number of carbonyl (C=O) groups is 2. The molecule has 0 aromatic heterocycles. The van der Waals surface area contributed by atoms with E-state index >= 15 is 0 Å². The lowest BCUT2D eigenvalue weighted by molar-refractivity contribution is -0.137. The Morgan fingerprint density at radius 1 is 1.29 bits per heavy atom. The summed E-state index contributed by atoms with van der Waals surface area (Å²) < 4.78 is 4.77. The summed E-state index contributed by atoms with van der Waals surface area (Å²) in [5.41, 5.74) is -0.221. The quantitative estimate of drug-likeness (QED) is 0.544. The molecule has 0 aromatic carbocycles. The van der Waals surface area contributed by atoms with Crippen molar-refractivity contribution in [1.82, 2.24) is 4.90 Å². The predicted molar refractivity (Wildman–Crippen MR) is 63.5 cm³/mol. The fraction of sp³-hybridized carbons (Fsp3) is 0.692. The Bertz CT molecular complexity index is 347. The number of ether oxygens (including phenoxy) is 1. The van der Waals surface area contributed by atoms with Crippen molar-refractivity contribution in [3.05, 3.63) is 12.2 Å². The van der Waals surface area contributed by atoms with Crippen LogP contribution in [0.3, 0.4) is 0 Å². The van der Waals surface area contributed by atoms with Gasteiger partial charge in [0.15, 0.2) is 5.78 Å². The monoisotopic (exact) mass is 237 g/mol. The first kappa shape index (κ1) is 12.3. The fourth-order valence-corrected chi connectivity index (χ4v) is 2.83. The van der Waals surface area contributed by atoms with E-state index < -0.39 is 5.97 Å². The number of fused-ring (bicyclic) bond motifs is 2. The highest BCUT2D eigenvalue weighted by Gasteiger charge is 2.45. The van der Waals surface area contributed by atoms with Crippen molar-refractivity contribution in [3.63, 3.8) is 0 Å². The molecule has 0 aromatic rings. The Kier molecular flexibility index (Phi) is 3.62. The maximum absolute atomic E-state index is 12.2. The van der Waals surface area contributed by atoms with Crippen LogP contribution in [0.25, 0.3) is 0 Å². The second-order valence-corrected chi connectivity index (χ2v) is 4.86. The van der Waals surface area contributed by atoms with Crippen LogP contribution in [-0.2, 0) is 14.3 Å². The molecule has 2 aliphatic heterocycles. The summed E-state index contributed by atoms with van der Waals surface area (Å²) in [5.74, 6) is -0.337. The molecule has 0 aliphatic carbocycles. The molecule has 0 radical (unpaired) electrons. The minimum absolute atomic E-state index is 0.0905. The number of hydrogen-bond acceptors (Lipinski definition) is 4. The lowest BCUT2D eigenvalue weighted by atomic mass is 9.77. The molecule has 2 fully saturated rings. The topological polar surface area (TPSA) is 46.6 Å². The summed E-state index contributed by atoms with van der Waals surface area (Å²) in [6.07, 6.45) is 5.64. The largest absolute Gasteiger partial charge is 0.463 e. The molecule has 0 N–H and O–H groups in total. The highest BCUT2D eigenvalue weighted by molar-refractivity contribution is 5.99. The Hall–Kier alpha value is -1.16. The van der Waals surface area contributed by atoms with Gasteiger partial charge >= 0.3 is 5.97 Å². The highest BCUT2D eigenvalue weighted by Crippen LogP contribution is 2.40. The molecule has 2 rings (SSSR count). The molecule has 0 saturated carbocycles. The van der Waals surface area contributed by atoms with Crippen LogP contribution in [0.2, 0.25) is 0 Å². The van der Waals surface area contributed by atoms with Crippen molar-refractivity contribution in [2.45, 2.75) is 26.2 Å². The van der Waals surface area contributed by atoms with Gasteiger partial charge in [0.1, 0.15) is 0 Å². The lowest BCUT2D eigenvalue weighted by Gasteiger charge is -2.31. The van der Waals surface area contributed by atoms with Gasteiger partial charge in [0, 0.05) is 18.0 Å². The second-order valence-electron chi connectivity index (χ2n) is 4.86. The van der Waals surface area contributed by atoms with Crippen LogP contribution in [-0.4, -0.2) is 42.9 Å². The Morgan fingerprint density at radius 2 is 2.12 bits per heavy atom. The van der Waals surface area contributed by atoms with E-state index in [1.807, 2.05) is 0 Å². The molecule has 2 heterocycles. The molecular formula is C13H19NO3. The number of ketones is 1. The Balaban J connectivity index is 1.98. The molecule has 17 heavy (non-hydrogen) atoms. The molecule has 4 heteroatoms. The van der Waals surface area contributed by atoms with Crippen molar-refractivity contribution in [1.29, 1.82) is 0 Å². The van der Waals surface area contributed by atoms with E-state index in [1.165, 1.54) is 12.2 Å². The van der Waals surface area contributed by atoms with Gasteiger partial charge in [0.2, 0.25) is 0 Å². The third-order valence-corrected chi connectivity index (χ3v) is 3.74. The maximum atomic E-state index is 12.2. The van der Waals surface area contributed by atoms with Gasteiger partial charge in [0.05, 0.1) is 6.61 Å². The zero-order valence-corrected chi connectivity index (χ0v) is 10.3. The molecule has 2 bridgehead atoms. The first-order chi connectivity index (χ1) is 8.16. The van der Waals surface area contributed by atoms with E-state index in [4.69, 9.17) is 4.74 Å². The van der Waals surface area contributed by atoms with Gasteiger partial charge in [-0.15, -0.1) is 0 Å². The SMILES string of the molecule is CCOC(=O)C=CC(=O)C12CCCN(CC1)C2. The minimum atomic E-state index is -0.428. The maximum Gasteiger partial charge on any atom is 0.330 e. The molecule has 4 nitrogen and oxygen atoms in total. The zero-order valence-electron chi connectivity index (χ0n) is 10.3. The Labute approximate surface area is 102 Å². The lowest BCUT2D eigenvalue weighted by Crippen LogP contribution is -2.38. The van der Waals surface area contributed by atoms with Crippen molar-refractivity contribution in [2.24, 2.45) is 5.41 Å². The number of allylic oxidation sites excluding steroid dienone is 1. The number of piperidine rings is 1. The number of hydrogen-bond donors (Lipinski definition) is 0. The summed E-state index contributed by atoms with van der Waals surface area (Å²) in [7, 11) is 0. The Morgan fingerprint density at radius 3 is 2.88 bits per heavy atom. The van der Waals surface area contributed by atoms with Gasteiger partial charge in [0.25, 0.3) is 0 Å². The molecule has 2 aliphatic rings. The van der Waals surface area contributed by atoms with Crippen molar-refractivity contribution in [2.75, 3.05) is 26.2 Å². The van der Waals surface area contributed by atoms with Crippen LogP contribution in [0.5, 0.6) is 0 Å². The molecule has 2 atom stereocenters. The molecular weight excluding hydrogens is 218 g/mol.